The summed E-state index contributed by atoms with van der Waals surface area (Å²) in [5.74, 6) is 7.15. The average Bonchev–Trinajstić information content (AvgIpc) is 3.29. The number of fused-ring (bicyclic) bond motifs is 1. The Morgan fingerprint density at radius 1 is 1.27 bits per heavy atom. The lowest BCUT2D eigenvalue weighted by Gasteiger charge is -2.16. The molecule has 9 heteroatoms. The fraction of sp³-hybridized carbons (Fsp3) is 0.333. The number of piperidine rings is 1. The summed E-state index contributed by atoms with van der Waals surface area (Å²) in [6.45, 7) is 3.23. The molecule has 5 rings (SSSR count). The van der Waals surface area contributed by atoms with E-state index in [0.717, 1.165) is 16.8 Å². The lowest BCUT2D eigenvalue weighted by molar-refractivity contribution is -0.143. The number of nitrogens with two attached hydrogens (primary N) is 1. The zero-order valence-corrected chi connectivity index (χ0v) is 18.0. The zero-order valence-electron chi connectivity index (χ0n) is 18.0. The highest BCUT2D eigenvalue weighted by molar-refractivity contribution is 6.34. The topological polar surface area (TPSA) is 127 Å². The van der Waals surface area contributed by atoms with Crippen LogP contribution in [0.1, 0.15) is 30.1 Å². The molecule has 2 fully saturated rings. The average molecular weight is 445 g/mol. The van der Waals surface area contributed by atoms with Gasteiger partial charge >= 0.3 is 11.8 Å². The van der Waals surface area contributed by atoms with Gasteiger partial charge in [0.1, 0.15) is 17.6 Å². The smallest absolute Gasteiger partial charge is 0.311 e. The first-order valence-corrected chi connectivity index (χ1v) is 10.8. The maximum absolute atomic E-state index is 11.7. The van der Waals surface area contributed by atoms with Crippen molar-refractivity contribution in [3.63, 3.8) is 0 Å². The Morgan fingerprint density at radius 2 is 2.00 bits per heavy atom. The molecule has 2 aromatic heterocycles. The lowest BCUT2D eigenvalue weighted by atomic mass is 10.1. The van der Waals surface area contributed by atoms with Crippen molar-refractivity contribution in [2.24, 2.45) is 23.5 Å². The van der Waals surface area contributed by atoms with E-state index >= 15 is 0 Å². The van der Waals surface area contributed by atoms with Crippen LogP contribution in [-0.4, -0.2) is 49.6 Å². The number of aliphatic hydroxyl groups is 1. The van der Waals surface area contributed by atoms with E-state index in [1.165, 1.54) is 4.90 Å². The Balaban J connectivity index is 1.19. The van der Waals surface area contributed by atoms with Gasteiger partial charge < -0.3 is 24.8 Å². The number of aromatic nitrogens is 3. The maximum Gasteiger partial charge on any atom is 0.311 e. The molecule has 4 atom stereocenters. The predicted octanol–water partition coefficient (Wildman–Crippen LogP) is 1.18. The fourth-order valence-corrected chi connectivity index (χ4v) is 4.47. The standard InChI is InChI=1S/C24H23N5O4/c1-14(30)23-26-8-9-28(23)11-17-10-21(33-27-17)16-5-2-15(3-6-16)4-7-18-19-12-29(13-20(18)19)24(32)22(25)31/h2-3,5-6,8-10,14,18-20,30H,11-13H2,1H3,(H2,25,31)/t14-,18-,19-,20+/m0/s1. The second kappa shape index (κ2) is 8.22. The van der Waals surface area contributed by atoms with Crippen molar-refractivity contribution in [3.05, 3.63) is 59.8 Å². The molecule has 168 valence electrons. The molecule has 3 N–H and O–H groups in total. The van der Waals surface area contributed by atoms with Crippen LogP contribution in [0.15, 0.2) is 47.2 Å². The molecule has 0 unspecified atom stereocenters. The van der Waals surface area contributed by atoms with Crippen molar-refractivity contribution >= 4 is 11.8 Å². The Labute approximate surface area is 190 Å². The van der Waals surface area contributed by atoms with Gasteiger partial charge in [-0.3, -0.25) is 9.59 Å². The molecule has 9 nitrogen and oxygen atoms in total. The Morgan fingerprint density at radius 3 is 2.67 bits per heavy atom. The van der Waals surface area contributed by atoms with Crippen LogP contribution in [0.3, 0.4) is 0 Å². The van der Waals surface area contributed by atoms with Crippen LogP contribution in [0.2, 0.25) is 0 Å². The first-order chi connectivity index (χ1) is 15.9. The number of benzene rings is 1. The quantitative estimate of drug-likeness (QED) is 0.459. The van der Waals surface area contributed by atoms with E-state index < -0.39 is 17.9 Å². The van der Waals surface area contributed by atoms with Gasteiger partial charge in [-0.25, -0.2) is 4.98 Å². The second-order valence-electron chi connectivity index (χ2n) is 8.55. The minimum atomic E-state index is -0.899. The first-order valence-electron chi connectivity index (χ1n) is 10.8. The minimum absolute atomic E-state index is 0.258. The predicted molar refractivity (Wildman–Crippen MR) is 117 cm³/mol. The number of rotatable bonds is 4. The fourth-order valence-electron chi connectivity index (χ4n) is 4.47. The molecule has 1 aliphatic carbocycles. The largest absolute Gasteiger partial charge is 0.385 e. The Kier molecular flexibility index (Phi) is 5.23. The molecule has 1 aliphatic heterocycles. The van der Waals surface area contributed by atoms with E-state index in [1.807, 2.05) is 34.9 Å². The van der Waals surface area contributed by atoms with E-state index in [1.54, 1.807) is 19.3 Å². The molecule has 33 heavy (non-hydrogen) atoms. The molecular weight excluding hydrogens is 422 g/mol. The monoisotopic (exact) mass is 445 g/mol. The van der Waals surface area contributed by atoms with Crippen molar-refractivity contribution in [2.45, 2.75) is 19.6 Å². The van der Waals surface area contributed by atoms with Crippen LogP contribution in [0.25, 0.3) is 11.3 Å². The molecular formula is C24H23N5O4. The second-order valence-corrected chi connectivity index (χ2v) is 8.55. The van der Waals surface area contributed by atoms with E-state index in [0.29, 0.717) is 43.1 Å². The van der Waals surface area contributed by atoms with Crippen molar-refractivity contribution in [1.29, 1.82) is 0 Å². The number of primary amides is 1. The van der Waals surface area contributed by atoms with Gasteiger partial charge in [-0.15, -0.1) is 0 Å². The SMILES string of the molecule is C[C@H](O)c1nccn1Cc1cc(-c2ccc(C#C[C@@H]3[C@H]4CN(C(=O)C(N)=O)C[C@@H]34)cc2)on1. The highest BCUT2D eigenvalue weighted by Crippen LogP contribution is 2.51. The van der Waals surface area contributed by atoms with E-state index in [9.17, 15) is 14.7 Å². The van der Waals surface area contributed by atoms with Gasteiger partial charge in [0.2, 0.25) is 0 Å². The molecule has 3 heterocycles. The molecule has 1 saturated heterocycles. The third kappa shape index (κ3) is 4.13. The van der Waals surface area contributed by atoms with Gasteiger partial charge in [0.25, 0.3) is 0 Å². The third-order valence-corrected chi connectivity index (χ3v) is 6.26. The number of aliphatic hydroxyl groups excluding tert-OH is 1. The number of carbonyl (C=O) groups excluding carboxylic acids is 2. The van der Waals surface area contributed by atoms with E-state index in [4.69, 9.17) is 10.3 Å². The first kappa shape index (κ1) is 21.0. The number of hydrogen-bond donors (Lipinski definition) is 2. The molecule has 2 amide bonds. The summed E-state index contributed by atoms with van der Waals surface area (Å²) in [7, 11) is 0. The molecule has 0 radical (unpaired) electrons. The summed E-state index contributed by atoms with van der Waals surface area (Å²) in [6.07, 6.45) is 2.78. The normalized spacial score (nSPS) is 21.8. The van der Waals surface area contributed by atoms with Gasteiger partial charge in [0, 0.05) is 48.6 Å². The van der Waals surface area contributed by atoms with Gasteiger partial charge in [-0.2, -0.15) is 0 Å². The third-order valence-electron chi connectivity index (χ3n) is 6.26. The van der Waals surface area contributed by atoms with Gasteiger partial charge in [0.15, 0.2) is 5.76 Å². The van der Waals surface area contributed by atoms with Crippen LogP contribution in [-0.2, 0) is 16.1 Å². The highest BCUT2D eigenvalue weighted by Gasteiger charge is 2.56. The summed E-state index contributed by atoms with van der Waals surface area (Å²) in [5.41, 5.74) is 7.59. The molecule has 0 spiro atoms. The van der Waals surface area contributed by atoms with Crippen LogP contribution in [0.4, 0.5) is 0 Å². The maximum atomic E-state index is 11.7. The van der Waals surface area contributed by atoms with Gasteiger partial charge in [-0.05, 0) is 43.0 Å². The molecule has 2 aliphatic rings. The van der Waals surface area contributed by atoms with Crippen molar-refractivity contribution in [1.82, 2.24) is 19.6 Å². The summed E-state index contributed by atoms with van der Waals surface area (Å²) < 4.78 is 7.33. The molecule has 3 aromatic rings. The number of imidazole rings is 1. The lowest BCUT2D eigenvalue weighted by Crippen LogP contribution is -2.40. The van der Waals surface area contributed by atoms with Crippen LogP contribution in [0, 0.1) is 29.6 Å². The van der Waals surface area contributed by atoms with Crippen molar-refractivity contribution < 1.29 is 19.2 Å². The number of nitrogens with zero attached hydrogens (tertiary/aromatic N) is 4. The number of amides is 2. The van der Waals surface area contributed by atoms with Crippen LogP contribution >= 0.6 is 0 Å². The molecule has 1 aromatic carbocycles. The van der Waals surface area contributed by atoms with E-state index in [-0.39, 0.29) is 5.92 Å². The van der Waals surface area contributed by atoms with Crippen LogP contribution < -0.4 is 5.73 Å². The summed E-state index contributed by atoms with van der Waals surface area (Å²) in [4.78, 5) is 28.4. The summed E-state index contributed by atoms with van der Waals surface area (Å²) in [6, 6.07) is 9.62. The van der Waals surface area contributed by atoms with Gasteiger partial charge in [0.05, 0.1) is 6.54 Å². The number of carbonyl (C=O) groups is 2. The minimum Gasteiger partial charge on any atom is -0.385 e. The molecule has 0 bridgehead atoms. The van der Waals surface area contributed by atoms with Gasteiger partial charge in [-0.1, -0.05) is 17.0 Å². The van der Waals surface area contributed by atoms with Crippen molar-refractivity contribution in [3.8, 4) is 23.2 Å². The van der Waals surface area contributed by atoms with E-state index in [2.05, 4.69) is 22.0 Å². The zero-order chi connectivity index (χ0) is 23.1. The highest BCUT2D eigenvalue weighted by atomic mass is 16.5. The Bertz CT molecular complexity index is 1250. The van der Waals surface area contributed by atoms with Crippen LogP contribution in [0.5, 0.6) is 0 Å². The molecule has 1 saturated carbocycles. The van der Waals surface area contributed by atoms with Crippen molar-refractivity contribution in [2.75, 3.05) is 13.1 Å². The number of hydrogen-bond acceptors (Lipinski definition) is 6. The number of likely N-dealkylation sites (tertiary alicyclic amines) is 1. The summed E-state index contributed by atoms with van der Waals surface area (Å²) in [5, 5.41) is 13.9. The summed E-state index contributed by atoms with van der Waals surface area (Å²) >= 11 is 0. The Hall–Kier alpha value is -3.90.